The molecule has 0 aliphatic carbocycles. The van der Waals surface area contributed by atoms with Gasteiger partial charge in [-0.05, 0) is 36.4 Å². The molecule has 1 aromatic heterocycles. The number of fused-ring (bicyclic) bond motifs is 3. The first-order chi connectivity index (χ1) is 9.70. The molecule has 0 aliphatic heterocycles. The van der Waals surface area contributed by atoms with E-state index in [0.29, 0.717) is 15.4 Å². The van der Waals surface area contributed by atoms with Crippen molar-refractivity contribution >= 4 is 37.9 Å². The third-order valence-corrected chi connectivity index (χ3v) is 3.64. The molecule has 2 aromatic carbocycles. The first-order valence-electron chi connectivity index (χ1n) is 5.77. The van der Waals surface area contributed by atoms with Crippen molar-refractivity contribution < 1.29 is 26.4 Å². The van der Waals surface area contributed by atoms with Crippen molar-refractivity contribution in [1.29, 1.82) is 0 Å². The highest BCUT2D eigenvalue weighted by molar-refractivity contribution is 9.10. The summed E-state index contributed by atoms with van der Waals surface area (Å²) in [4.78, 5) is 0. The molecule has 0 unspecified atom stereocenters. The van der Waals surface area contributed by atoms with E-state index in [0.717, 1.165) is 18.2 Å². The van der Waals surface area contributed by atoms with Crippen molar-refractivity contribution in [2.45, 2.75) is 12.1 Å². The van der Waals surface area contributed by atoms with Gasteiger partial charge >= 0.3 is 12.1 Å². The SMILES string of the molecule is FC(F)(F)C(F)(F)c1ccc2oc3ccc(Br)cc3c2c1. The lowest BCUT2D eigenvalue weighted by atomic mass is 10.0. The molecule has 3 aromatic rings. The van der Waals surface area contributed by atoms with Crippen molar-refractivity contribution in [3.05, 3.63) is 46.4 Å². The van der Waals surface area contributed by atoms with Crippen molar-refractivity contribution in [3.63, 3.8) is 0 Å². The normalized spacial score (nSPS) is 13.2. The van der Waals surface area contributed by atoms with Gasteiger partial charge in [0.25, 0.3) is 0 Å². The quantitative estimate of drug-likeness (QED) is 0.482. The summed E-state index contributed by atoms with van der Waals surface area (Å²) in [5, 5.41) is 0.687. The third-order valence-electron chi connectivity index (χ3n) is 3.15. The van der Waals surface area contributed by atoms with Gasteiger partial charge in [0, 0.05) is 20.8 Å². The molecule has 0 atom stereocenters. The second kappa shape index (κ2) is 4.43. The molecule has 0 N–H and O–H groups in total. The molecule has 110 valence electrons. The van der Waals surface area contributed by atoms with Gasteiger partial charge in [-0.15, -0.1) is 0 Å². The van der Waals surface area contributed by atoms with E-state index < -0.39 is 17.7 Å². The minimum atomic E-state index is -5.64. The van der Waals surface area contributed by atoms with Gasteiger partial charge in [-0.2, -0.15) is 22.0 Å². The first kappa shape index (κ1) is 14.3. The second-order valence-corrected chi connectivity index (χ2v) is 5.44. The van der Waals surface area contributed by atoms with E-state index in [-0.39, 0.29) is 11.0 Å². The monoisotopic (exact) mass is 364 g/mol. The molecule has 3 rings (SSSR count). The fraction of sp³-hybridized carbons (Fsp3) is 0.143. The van der Waals surface area contributed by atoms with Crippen LogP contribution in [0.3, 0.4) is 0 Å². The van der Waals surface area contributed by atoms with Crippen molar-refractivity contribution in [2.75, 3.05) is 0 Å². The summed E-state index contributed by atoms with van der Waals surface area (Å²) in [6.45, 7) is 0. The molecule has 0 aliphatic rings. The maximum atomic E-state index is 13.4. The predicted molar refractivity (Wildman–Crippen MR) is 71.4 cm³/mol. The molecule has 0 amide bonds. The lowest BCUT2D eigenvalue weighted by Crippen LogP contribution is -2.33. The number of hydrogen-bond donors (Lipinski definition) is 0. The Morgan fingerprint density at radius 1 is 0.810 bits per heavy atom. The number of rotatable bonds is 1. The Kier molecular flexibility index (Phi) is 3.02. The summed E-state index contributed by atoms with van der Waals surface area (Å²) >= 11 is 3.22. The summed E-state index contributed by atoms with van der Waals surface area (Å²) in [5.41, 5.74) is -0.435. The summed E-state index contributed by atoms with van der Waals surface area (Å²) < 4.78 is 70.2. The zero-order valence-corrected chi connectivity index (χ0v) is 11.7. The largest absolute Gasteiger partial charge is 0.458 e. The van der Waals surface area contributed by atoms with Crippen LogP contribution >= 0.6 is 15.9 Å². The Morgan fingerprint density at radius 3 is 2.00 bits per heavy atom. The van der Waals surface area contributed by atoms with Crippen LogP contribution in [0.15, 0.2) is 45.3 Å². The zero-order chi connectivity index (χ0) is 15.4. The molecule has 0 bridgehead atoms. The van der Waals surface area contributed by atoms with Crippen LogP contribution in [0, 0.1) is 0 Å². The van der Waals surface area contributed by atoms with E-state index in [1.807, 2.05) is 0 Å². The molecule has 0 spiro atoms. The average Bonchev–Trinajstić information content (AvgIpc) is 2.74. The van der Waals surface area contributed by atoms with Gasteiger partial charge in [-0.1, -0.05) is 15.9 Å². The first-order valence-corrected chi connectivity index (χ1v) is 6.56. The van der Waals surface area contributed by atoms with Crippen LogP contribution in [0.4, 0.5) is 22.0 Å². The highest BCUT2D eigenvalue weighted by atomic mass is 79.9. The Hall–Kier alpha value is -1.63. The maximum absolute atomic E-state index is 13.4. The Morgan fingerprint density at radius 2 is 1.38 bits per heavy atom. The van der Waals surface area contributed by atoms with E-state index in [4.69, 9.17) is 4.42 Å². The van der Waals surface area contributed by atoms with E-state index in [1.165, 1.54) is 0 Å². The van der Waals surface area contributed by atoms with Crippen molar-refractivity contribution in [3.8, 4) is 0 Å². The van der Waals surface area contributed by atoms with Gasteiger partial charge < -0.3 is 4.42 Å². The lowest BCUT2D eigenvalue weighted by molar-refractivity contribution is -0.289. The molecule has 7 heteroatoms. The van der Waals surface area contributed by atoms with Crippen LogP contribution in [-0.2, 0) is 5.92 Å². The average molecular weight is 365 g/mol. The number of hydrogen-bond acceptors (Lipinski definition) is 1. The van der Waals surface area contributed by atoms with Gasteiger partial charge in [0.1, 0.15) is 11.2 Å². The third kappa shape index (κ3) is 2.19. The summed E-state index contributed by atoms with van der Waals surface area (Å²) in [6.07, 6.45) is -5.64. The van der Waals surface area contributed by atoms with Gasteiger partial charge in [-0.3, -0.25) is 0 Å². The van der Waals surface area contributed by atoms with E-state index in [1.54, 1.807) is 18.2 Å². The highest BCUT2D eigenvalue weighted by Gasteiger charge is 2.58. The summed E-state index contributed by atoms with van der Waals surface area (Å²) in [6, 6.07) is 7.58. The van der Waals surface area contributed by atoms with Gasteiger partial charge in [0.2, 0.25) is 0 Å². The summed E-state index contributed by atoms with van der Waals surface area (Å²) in [5.74, 6) is -4.91. The van der Waals surface area contributed by atoms with Gasteiger partial charge in [0.15, 0.2) is 0 Å². The molecule has 0 radical (unpaired) electrons. The summed E-state index contributed by atoms with van der Waals surface area (Å²) in [7, 11) is 0. The smallest absolute Gasteiger partial charge is 0.456 e. The molecule has 0 saturated heterocycles. The predicted octanol–water partition coefficient (Wildman–Crippen LogP) is 6.00. The van der Waals surface area contributed by atoms with E-state index in [2.05, 4.69) is 15.9 Å². The maximum Gasteiger partial charge on any atom is 0.458 e. The van der Waals surface area contributed by atoms with E-state index >= 15 is 0 Å². The van der Waals surface area contributed by atoms with Crippen molar-refractivity contribution in [2.24, 2.45) is 0 Å². The van der Waals surface area contributed by atoms with Crippen LogP contribution in [0.1, 0.15) is 5.56 Å². The minimum Gasteiger partial charge on any atom is -0.456 e. The fourth-order valence-corrected chi connectivity index (χ4v) is 2.47. The Labute approximate surface area is 123 Å². The molecule has 0 saturated carbocycles. The molecule has 1 heterocycles. The van der Waals surface area contributed by atoms with Crippen LogP contribution in [0.25, 0.3) is 21.9 Å². The van der Waals surface area contributed by atoms with Gasteiger partial charge in [-0.25, -0.2) is 0 Å². The van der Waals surface area contributed by atoms with Crippen LogP contribution < -0.4 is 0 Å². The second-order valence-electron chi connectivity index (χ2n) is 4.53. The fourth-order valence-electron chi connectivity index (χ4n) is 2.11. The highest BCUT2D eigenvalue weighted by Crippen LogP contribution is 2.45. The van der Waals surface area contributed by atoms with E-state index in [9.17, 15) is 22.0 Å². The number of benzene rings is 2. The van der Waals surface area contributed by atoms with Crippen LogP contribution in [-0.4, -0.2) is 6.18 Å². The molecule has 1 nitrogen and oxygen atoms in total. The molecular formula is C14H6BrF5O. The zero-order valence-electron chi connectivity index (χ0n) is 10.1. The van der Waals surface area contributed by atoms with Gasteiger partial charge in [0.05, 0.1) is 0 Å². The minimum absolute atomic E-state index is 0.215. The number of furan rings is 1. The van der Waals surface area contributed by atoms with Crippen LogP contribution in [0.2, 0.25) is 0 Å². The molecular weight excluding hydrogens is 359 g/mol. The topological polar surface area (TPSA) is 13.1 Å². The lowest BCUT2D eigenvalue weighted by Gasteiger charge is -2.19. The van der Waals surface area contributed by atoms with Crippen molar-refractivity contribution in [1.82, 2.24) is 0 Å². The number of halogens is 6. The molecule has 21 heavy (non-hydrogen) atoms. The standard InChI is InChI=1S/C14H6BrF5O/c15-8-2-4-12-10(6-8)9-5-7(1-3-11(9)21-12)13(16,17)14(18,19)20/h1-6H. The van der Waals surface area contributed by atoms with Crippen LogP contribution in [0.5, 0.6) is 0 Å². The number of alkyl halides is 5. The molecule has 0 fully saturated rings. The Balaban J connectivity index is 2.29. The Bertz CT molecular complexity index is 834.